The van der Waals surface area contributed by atoms with E-state index in [0.717, 1.165) is 16.3 Å². The van der Waals surface area contributed by atoms with Gasteiger partial charge in [0.1, 0.15) is 16.5 Å². The molecule has 0 aliphatic carbocycles. The second-order valence-corrected chi connectivity index (χ2v) is 7.19. The van der Waals surface area contributed by atoms with Gasteiger partial charge < -0.3 is 4.74 Å². The number of hydrogen-bond acceptors (Lipinski definition) is 4. The Morgan fingerprint density at radius 1 is 1.00 bits per heavy atom. The van der Waals surface area contributed by atoms with Crippen LogP contribution in [0.3, 0.4) is 0 Å². The summed E-state index contributed by atoms with van der Waals surface area (Å²) in [6.07, 6.45) is 1.73. The molecule has 0 spiro atoms. The van der Waals surface area contributed by atoms with Crippen molar-refractivity contribution in [2.45, 2.75) is 16.5 Å². The Labute approximate surface area is 153 Å². The SMILES string of the molecule is COc1ccc2ccccc2c1S(=O)c1cn(Cc2ccccc2)nn1. The summed E-state index contributed by atoms with van der Waals surface area (Å²) in [5.41, 5.74) is 1.11. The molecule has 26 heavy (non-hydrogen) atoms. The highest BCUT2D eigenvalue weighted by atomic mass is 32.2. The van der Waals surface area contributed by atoms with Crippen molar-refractivity contribution < 1.29 is 8.95 Å². The summed E-state index contributed by atoms with van der Waals surface area (Å²) in [4.78, 5) is 0.623. The van der Waals surface area contributed by atoms with E-state index in [9.17, 15) is 4.21 Å². The van der Waals surface area contributed by atoms with Gasteiger partial charge in [-0.1, -0.05) is 65.9 Å². The molecule has 130 valence electrons. The maximum Gasteiger partial charge on any atom is 0.174 e. The van der Waals surface area contributed by atoms with Gasteiger partial charge in [-0.3, -0.25) is 0 Å². The van der Waals surface area contributed by atoms with Crippen LogP contribution >= 0.6 is 0 Å². The fourth-order valence-electron chi connectivity index (χ4n) is 2.89. The predicted molar refractivity (Wildman–Crippen MR) is 101 cm³/mol. The fraction of sp³-hybridized carbons (Fsp3) is 0.100. The third-order valence-electron chi connectivity index (χ3n) is 4.14. The summed E-state index contributed by atoms with van der Waals surface area (Å²) in [7, 11) is 0.0910. The van der Waals surface area contributed by atoms with Gasteiger partial charge in [0.05, 0.1) is 24.7 Å². The van der Waals surface area contributed by atoms with Gasteiger partial charge in [-0.05, 0) is 17.0 Å². The molecule has 3 aromatic carbocycles. The first-order valence-corrected chi connectivity index (χ1v) is 9.33. The van der Waals surface area contributed by atoms with E-state index in [-0.39, 0.29) is 0 Å². The molecule has 6 heteroatoms. The molecule has 1 atom stereocenters. The van der Waals surface area contributed by atoms with Gasteiger partial charge in [0.2, 0.25) is 0 Å². The van der Waals surface area contributed by atoms with E-state index in [2.05, 4.69) is 10.3 Å². The molecule has 0 aliphatic rings. The molecule has 0 radical (unpaired) electrons. The van der Waals surface area contributed by atoms with Crippen LogP contribution in [-0.2, 0) is 17.3 Å². The first-order valence-electron chi connectivity index (χ1n) is 8.18. The number of fused-ring (bicyclic) bond motifs is 1. The Morgan fingerprint density at radius 2 is 1.77 bits per heavy atom. The Morgan fingerprint density at radius 3 is 2.58 bits per heavy atom. The lowest BCUT2D eigenvalue weighted by Gasteiger charge is -2.10. The van der Waals surface area contributed by atoms with Gasteiger partial charge in [-0.15, -0.1) is 5.10 Å². The minimum atomic E-state index is -1.49. The minimum Gasteiger partial charge on any atom is -0.495 e. The van der Waals surface area contributed by atoms with Crippen molar-refractivity contribution in [3.8, 4) is 5.75 Å². The molecule has 0 fully saturated rings. The molecule has 0 amide bonds. The number of methoxy groups -OCH3 is 1. The number of rotatable bonds is 5. The third-order valence-corrected chi connectivity index (χ3v) is 5.50. The van der Waals surface area contributed by atoms with Crippen molar-refractivity contribution in [1.29, 1.82) is 0 Å². The summed E-state index contributed by atoms with van der Waals surface area (Å²) in [6.45, 7) is 0.581. The number of nitrogens with zero attached hydrogens (tertiary/aromatic N) is 3. The zero-order valence-corrected chi connectivity index (χ0v) is 15.0. The van der Waals surface area contributed by atoms with Crippen LogP contribution in [0.1, 0.15) is 5.56 Å². The molecule has 4 rings (SSSR count). The molecule has 1 heterocycles. The van der Waals surface area contributed by atoms with Crippen LogP contribution in [0.4, 0.5) is 0 Å². The molecule has 0 N–H and O–H groups in total. The van der Waals surface area contributed by atoms with Crippen molar-refractivity contribution in [3.63, 3.8) is 0 Å². The Hall–Kier alpha value is -2.99. The van der Waals surface area contributed by atoms with E-state index >= 15 is 0 Å². The lowest BCUT2D eigenvalue weighted by molar-refractivity contribution is 0.405. The molecule has 0 bridgehead atoms. The van der Waals surface area contributed by atoms with E-state index in [1.165, 1.54) is 0 Å². The highest BCUT2D eigenvalue weighted by molar-refractivity contribution is 7.85. The van der Waals surface area contributed by atoms with Crippen LogP contribution in [-0.4, -0.2) is 26.3 Å². The summed E-state index contributed by atoms with van der Waals surface area (Å²) < 4.78 is 20.4. The topological polar surface area (TPSA) is 57.0 Å². The maximum absolute atomic E-state index is 13.2. The number of aromatic nitrogens is 3. The highest BCUT2D eigenvalue weighted by Gasteiger charge is 2.19. The van der Waals surface area contributed by atoms with Gasteiger partial charge >= 0.3 is 0 Å². The lowest BCUT2D eigenvalue weighted by Crippen LogP contribution is -2.00. The normalized spacial score (nSPS) is 12.2. The van der Waals surface area contributed by atoms with Gasteiger partial charge in [-0.25, -0.2) is 8.89 Å². The predicted octanol–water partition coefficient (Wildman–Crippen LogP) is 3.65. The molecule has 0 saturated heterocycles. The average molecular weight is 363 g/mol. The Bertz CT molecular complexity index is 1080. The zero-order chi connectivity index (χ0) is 17.9. The van der Waals surface area contributed by atoms with Crippen LogP contribution < -0.4 is 4.74 Å². The van der Waals surface area contributed by atoms with Crippen molar-refractivity contribution in [2.75, 3.05) is 7.11 Å². The first-order chi connectivity index (χ1) is 12.8. The second-order valence-electron chi connectivity index (χ2n) is 5.83. The first kappa shape index (κ1) is 16.5. The molecule has 1 aromatic heterocycles. The van der Waals surface area contributed by atoms with Crippen LogP contribution in [0, 0.1) is 0 Å². The minimum absolute atomic E-state index is 0.413. The highest BCUT2D eigenvalue weighted by Crippen LogP contribution is 2.33. The van der Waals surface area contributed by atoms with Crippen molar-refractivity contribution in [3.05, 3.63) is 78.5 Å². The van der Waals surface area contributed by atoms with Gasteiger partial charge in [0.25, 0.3) is 0 Å². The molecule has 0 aliphatic heterocycles. The number of ether oxygens (including phenoxy) is 1. The quantitative estimate of drug-likeness (QED) is 0.543. The molecule has 4 aromatic rings. The van der Waals surface area contributed by atoms with Crippen molar-refractivity contribution >= 4 is 21.6 Å². The van der Waals surface area contributed by atoms with E-state index in [4.69, 9.17) is 4.74 Å². The van der Waals surface area contributed by atoms with Gasteiger partial charge in [0, 0.05) is 5.39 Å². The monoisotopic (exact) mass is 363 g/mol. The van der Waals surface area contributed by atoms with Crippen LogP contribution in [0.2, 0.25) is 0 Å². The molecular formula is C20H17N3O2S. The smallest absolute Gasteiger partial charge is 0.174 e. The summed E-state index contributed by atoms with van der Waals surface area (Å²) in [6, 6.07) is 21.6. The number of hydrogen-bond donors (Lipinski definition) is 0. The van der Waals surface area contributed by atoms with E-state index in [1.807, 2.05) is 66.7 Å². The maximum atomic E-state index is 13.2. The standard InChI is InChI=1S/C20H17N3O2S/c1-25-18-12-11-16-9-5-6-10-17(16)20(18)26(24)19-14-23(22-21-19)13-15-7-3-2-4-8-15/h2-12,14H,13H2,1H3. The molecule has 5 nitrogen and oxygen atoms in total. The van der Waals surface area contributed by atoms with Crippen molar-refractivity contribution in [1.82, 2.24) is 15.0 Å². The van der Waals surface area contributed by atoms with E-state index < -0.39 is 10.8 Å². The Balaban J connectivity index is 1.71. The third kappa shape index (κ3) is 3.11. The summed E-state index contributed by atoms with van der Waals surface area (Å²) in [5, 5.41) is 10.6. The lowest BCUT2D eigenvalue weighted by atomic mass is 10.1. The number of benzene rings is 3. The second kappa shape index (κ2) is 7.09. The van der Waals surface area contributed by atoms with E-state index in [1.54, 1.807) is 18.0 Å². The van der Waals surface area contributed by atoms with Crippen LogP contribution in [0.25, 0.3) is 10.8 Å². The zero-order valence-electron chi connectivity index (χ0n) is 14.2. The molecule has 0 saturated carbocycles. The van der Waals surface area contributed by atoms with Crippen LogP contribution in [0.15, 0.2) is 82.8 Å². The average Bonchev–Trinajstić information content (AvgIpc) is 3.15. The summed E-state index contributed by atoms with van der Waals surface area (Å²) >= 11 is 0. The van der Waals surface area contributed by atoms with E-state index in [0.29, 0.717) is 22.2 Å². The Kier molecular flexibility index (Phi) is 4.50. The molecular weight excluding hydrogens is 346 g/mol. The summed E-state index contributed by atoms with van der Waals surface area (Å²) in [5.74, 6) is 0.583. The van der Waals surface area contributed by atoms with Crippen molar-refractivity contribution in [2.24, 2.45) is 0 Å². The molecule has 1 unspecified atom stereocenters. The van der Waals surface area contributed by atoms with Crippen LogP contribution in [0.5, 0.6) is 5.75 Å². The van der Waals surface area contributed by atoms with Gasteiger partial charge in [-0.2, -0.15) is 0 Å². The fourth-order valence-corrected chi connectivity index (χ4v) is 4.15. The largest absolute Gasteiger partial charge is 0.495 e. The van der Waals surface area contributed by atoms with Gasteiger partial charge in [0.15, 0.2) is 5.03 Å².